The van der Waals surface area contributed by atoms with Gasteiger partial charge < -0.3 is 20.1 Å². The molecule has 3 rings (SSSR count). The molecule has 2 aliphatic heterocycles. The minimum absolute atomic E-state index is 0.109. The Morgan fingerprint density at radius 1 is 1.38 bits per heavy atom. The number of carbonyl (C=O) groups is 1. The van der Waals surface area contributed by atoms with Crippen LogP contribution in [0.15, 0.2) is 24.3 Å². The average Bonchev–Trinajstić information content (AvgIpc) is 3.16. The number of hydrogen-bond acceptors (Lipinski definition) is 5. The summed E-state index contributed by atoms with van der Waals surface area (Å²) in [5, 5.41) is 6.24. The van der Waals surface area contributed by atoms with Crippen molar-refractivity contribution >= 4 is 5.91 Å². The molecule has 0 aromatic heterocycles. The highest BCUT2D eigenvalue weighted by Gasteiger charge is 2.21. The molecule has 1 aromatic carbocycles. The zero-order valence-corrected chi connectivity index (χ0v) is 14.1. The second-order valence-electron chi connectivity index (χ2n) is 6.36. The Kier molecular flexibility index (Phi) is 6.46. The topological polar surface area (TPSA) is 62.8 Å². The van der Waals surface area contributed by atoms with E-state index in [0.29, 0.717) is 13.2 Å². The smallest absolute Gasteiger partial charge is 0.224 e. The van der Waals surface area contributed by atoms with Gasteiger partial charge in [-0.15, -0.1) is 0 Å². The fraction of sp³-hybridized carbons (Fsp3) is 0.611. The highest BCUT2D eigenvalue weighted by atomic mass is 16.5. The van der Waals surface area contributed by atoms with E-state index in [1.165, 1.54) is 0 Å². The first-order chi connectivity index (χ1) is 11.8. The third kappa shape index (κ3) is 5.19. The predicted molar refractivity (Wildman–Crippen MR) is 92.0 cm³/mol. The van der Waals surface area contributed by atoms with Crippen molar-refractivity contribution in [2.45, 2.75) is 13.0 Å². The monoisotopic (exact) mass is 333 g/mol. The molecule has 6 heteroatoms. The maximum Gasteiger partial charge on any atom is 0.224 e. The molecule has 1 unspecified atom stereocenters. The van der Waals surface area contributed by atoms with Crippen molar-refractivity contribution in [3.05, 3.63) is 29.8 Å². The number of amides is 1. The van der Waals surface area contributed by atoms with Gasteiger partial charge >= 0.3 is 0 Å². The van der Waals surface area contributed by atoms with E-state index in [9.17, 15) is 4.79 Å². The lowest BCUT2D eigenvalue weighted by atomic mass is 10.1. The lowest BCUT2D eigenvalue weighted by Gasteiger charge is -2.26. The summed E-state index contributed by atoms with van der Waals surface area (Å²) in [6.07, 6.45) is 0.927. The second-order valence-corrected chi connectivity index (χ2v) is 6.36. The van der Waals surface area contributed by atoms with Gasteiger partial charge in [-0.1, -0.05) is 12.1 Å². The molecule has 1 atom stereocenters. The SMILES string of the molecule is O=C(NCc1cccc(OCCN2CCOCC2)c1)C1CCNC1. The van der Waals surface area contributed by atoms with Gasteiger partial charge in [0.1, 0.15) is 12.4 Å². The van der Waals surface area contributed by atoms with Crippen molar-refractivity contribution in [2.75, 3.05) is 52.5 Å². The summed E-state index contributed by atoms with van der Waals surface area (Å²) in [4.78, 5) is 14.4. The average molecular weight is 333 g/mol. The van der Waals surface area contributed by atoms with Crippen molar-refractivity contribution in [3.63, 3.8) is 0 Å². The van der Waals surface area contributed by atoms with Crippen LogP contribution in [0.3, 0.4) is 0 Å². The van der Waals surface area contributed by atoms with E-state index in [2.05, 4.69) is 15.5 Å². The summed E-state index contributed by atoms with van der Waals surface area (Å²) >= 11 is 0. The van der Waals surface area contributed by atoms with E-state index < -0.39 is 0 Å². The molecule has 2 saturated heterocycles. The summed E-state index contributed by atoms with van der Waals surface area (Å²) in [6.45, 7) is 7.44. The number of nitrogens with one attached hydrogen (secondary N) is 2. The first-order valence-corrected chi connectivity index (χ1v) is 8.81. The predicted octanol–water partition coefficient (Wildman–Crippen LogP) is 0.623. The maximum atomic E-state index is 12.1. The molecular formula is C18H27N3O3. The van der Waals surface area contributed by atoms with Gasteiger partial charge in [0.05, 0.1) is 19.1 Å². The number of carbonyl (C=O) groups excluding carboxylic acids is 1. The van der Waals surface area contributed by atoms with Crippen LogP contribution in [0.5, 0.6) is 5.75 Å². The van der Waals surface area contributed by atoms with E-state index in [1.54, 1.807) is 0 Å². The number of hydrogen-bond donors (Lipinski definition) is 2. The van der Waals surface area contributed by atoms with Crippen molar-refractivity contribution in [3.8, 4) is 5.75 Å². The fourth-order valence-corrected chi connectivity index (χ4v) is 3.07. The Morgan fingerprint density at radius 2 is 2.25 bits per heavy atom. The first-order valence-electron chi connectivity index (χ1n) is 8.81. The van der Waals surface area contributed by atoms with Crippen molar-refractivity contribution < 1.29 is 14.3 Å². The third-order valence-electron chi connectivity index (χ3n) is 4.58. The molecule has 2 heterocycles. The van der Waals surface area contributed by atoms with Crippen LogP contribution in [-0.4, -0.2) is 63.4 Å². The van der Waals surface area contributed by atoms with Gasteiger partial charge in [-0.05, 0) is 30.7 Å². The molecule has 0 bridgehead atoms. The summed E-state index contributed by atoms with van der Waals surface area (Å²) < 4.78 is 11.2. The molecule has 24 heavy (non-hydrogen) atoms. The summed E-state index contributed by atoms with van der Waals surface area (Å²) in [6, 6.07) is 7.96. The molecule has 2 aliphatic rings. The van der Waals surface area contributed by atoms with Crippen LogP contribution in [0.25, 0.3) is 0 Å². The number of benzene rings is 1. The van der Waals surface area contributed by atoms with Crippen molar-refractivity contribution in [1.29, 1.82) is 0 Å². The Hall–Kier alpha value is -1.63. The molecule has 2 fully saturated rings. The molecule has 1 aromatic rings. The highest BCUT2D eigenvalue weighted by molar-refractivity contribution is 5.79. The molecule has 0 aliphatic carbocycles. The van der Waals surface area contributed by atoms with Gasteiger partial charge in [0, 0.05) is 32.7 Å². The molecule has 0 spiro atoms. The number of ether oxygens (including phenoxy) is 2. The Morgan fingerprint density at radius 3 is 3.04 bits per heavy atom. The molecule has 1 amide bonds. The van der Waals surface area contributed by atoms with Crippen LogP contribution in [0.2, 0.25) is 0 Å². The zero-order valence-electron chi connectivity index (χ0n) is 14.1. The van der Waals surface area contributed by atoms with Gasteiger partial charge in [-0.25, -0.2) is 0 Å². The summed E-state index contributed by atoms with van der Waals surface area (Å²) in [7, 11) is 0. The zero-order chi connectivity index (χ0) is 16.6. The van der Waals surface area contributed by atoms with E-state index in [1.807, 2.05) is 24.3 Å². The maximum absolute atomic E-state index is 12.1. The van der Waals surface area contributed by atoms with Crippen LogP contribution >= 0.6 is 0 Å². The van der Waals surface area contributed by atoms with Gasteiger partial charge in [-0.3, -0.25) is 9.69 Å². The van der Waals surface area contributed by atoms with E-state index in [0.717, 1.165) is 63.7 Å². The quantitative estimate of drug-likeness (QED) is 0.766. The molecular weight excluding hydrogens is 306 g/mol. The standard InChI is InChI=1S/C18H27N3O3/c22-18(16-4-5-19-14-16)20-13-15-2-1-3-17(12-15)24-11-8-21-6-9-23-10-7-21/h1-3,12,16,19H,4-11,13-14H2,(H,20,22). The lowest BCUT2D eigenvalue weighted by Crippen LogP contribution is -2.38. The number of rotatable bonds is 7. The van der Waals surface area contributed by atoms with Crippen LogP contribution in [0.1, 0.15) is 12.0 Å². The van der Waals surface area contributed by atoms with Crippen LogP contribution in [0, 0.1) is 5.92 Å². The summed E-state index contributed by atoms with van der Waals surface area (Å²) in [5.74, 6) is 1.11. The third-order valence-corrected chi connectivity index (χ3v) is 4.58. The molecule has 0 radical (unpaired) electrons. The Balaban J connectivity index is 1.40. The normalized spacial score (nSPS) is 21.6. The van der Waals surface area contributed by atoms with Gasteiger partial charge in [0.25, 0.3) is 0 Å². The van der Waals surface area contributed by atoms with E-state index in [4.69, 9.17) is 9.47 Å². The highest BCUT2D eigenvalue weighted by Crippen LogP contribution is 2.14. The minimum Gasteiger partial charge on any atom is -0.492 e. The Labute approximate surface area is 143 Å². The molecule has 6 nitrogen and oxygen atoms in total. The molecule has 132 valence electrons. The first kappa shape index (κ1) is 17.2. The minimum atomic E-state index is 0.109. The van der Waals surface area contributed by atoms with Gasteiger partial charge in [0.15, 0.2) is 0 Å². The van der Waals surface area contributed by atoms with Gasteiger partial charge in [-0.2, -0.15) is 0 Å². The van der Waals surface area contributed by atoms with Crippen LogP contribution < -0.4 is 15.4 Å². The number of morpholine rings is 1. The number of nitrogens with zero attached hydrogens (tertiary/aromatic N) is 1. The fourth-order valence-electron chi connectivity index (χ4n) is 3.07. The molecule has 0 saturated carbocycles. The second kappa shape index (κ2) is 9.01. The van der Waals surface area contributed by atoms with E-state index >= 15 is 0 Å². The van der Waals surface area contributed by atoms with Gasteiger partial charge in [0.2, 0.25) is 5.91 Å². The van der Waals surface area contributed by atoms with Crippen LogP contribution in [-0.2, 0) is 16.1 Å². The Bertz CT molecular complexity index is 526. The molecule has 2 N–H and O–H groups in total. The van der Waals surface area contributed by atoms with Crippen LogP contribution in [0.4, 0.5) is 0 Å². The summed E-state index contributed by atoms with van der Waals surface area (Å²) in [5.41, 5.74) is 1.07. The van der Waals surface area contributed by atoms with E-state index in [-0.39, 0.29) is 11.8 Å². The van der Waals surface area contributed by atoms with Crippen molar-refractivity contribution in [1.82, 2.24) is 15.5 Å². The lowest BCUT2D eigenvalue weighted by molar-refractivity contribution is -0.124. The largest absolute Gasteiger partial charge is 0.492 e. The van der Waals surface area contributed by atoms with Crippen molar-refractivity contribution in [2.24, 2.45) is 5.92 Å².